The largest absolute Gasteiger partial charge is 0.497 e. The number of unbranched alkanes of at least 4 members (excludes halogenated alkanes) is 5. The molecular weight excluding hydrogens is 388 g/mol. The molecule has 1 N–H and O–H groups in total. The number of nitrogens with zero attached hydrogens (tertiary/aromatic N) is 1. The molecule has 5 nitrogen and oxygen atoms in total. The van der Waals surface area contributed by atoms with Gasteiger partial charge in [-0.2, -0.15) is 0 Å². The molecule has 1 aromatic carbocycles. The molecule has 0 bridgehead atoms. The summed E-state index contributed by atoms with van der Waals surface area (Å²) >= 11 is 0. The van der Waals surface area contributed by atoms with Gasteiger partial charge in [-0.15, -0.1) is 0 Å². The topological polar surface area (TPSA) is 44.7 Å². The predicted octanol–water partition coefficient (Wildman–Crippen LogP) is 5.79. The van der Waals surface area contributed by atoms with Gasteiger partial charge in [0.05, 0.1) is 25.8 Å². The van der Waals surface area contributed by atoms with Crippen LogP contribution in [0.1, 0.15) is 76.7 Å². The van der Waals surface area contributed by atoms with E-state index in [1.54, 1.807) is 7.11 Å². The smallest absolute Gasteiger partial charge is 0.168 e. The molecule has 0 atom stereocenters. The molecule has 31 heavy (non-hydrogen) atoms. The highest BCUT2D eigenvalue weighted by atomic mass is 16.7. The van der Waals surface area contributed by atoms with E-state index in [-0.39, 0.29) is 5.79 Å². The molecule has 2 aliphatic rings. The number of aryl methyl sites for hydroxylation is 1. The highest BCUT2D eigenvalue weighted by Crippen LogP contribution is 2.36. The maximum atomic E-state index is 5.88. The first-order chi connectivity index (χ1) is 15.2. The normalized spacial score (nSPS) is 18.9. The van der Waals surface area contributed by atoms with Gasteiger partial charge < -0.3 is 24.1 Å². The van der Waals surface area contributed by atoms with Crippen LogP contribution in [-0.4, -0.2) is 36.7 Å². The Bertz CT molecular complexity index is 815. The van der Waals surface area contributed by atoms with Crippen LogP contribution in [0.2, 0.25) is 0 Å². The first-order valence-corrected chi connectivity index (χ1v) is 12.4. The van der Waals surface area contributed by atoms with Crippen molar-refractivity contribution in [2.24, 2.45) is 0 Å². The van der Waals surface area contributed by atoms with Gasteiger partial charge in [-0.1, -0.05) is 39.0 Å². The molecule has 1 spiro atoms. The lowest BCUT2D eigenvalue weighted by Gasteiger charge is -2.35. The lowest BCUT2D eigenvalue weighted by atomic mass is 9.90. The summed E-state index contributed by atoms with van der Waals surface area (Å²) in [5, 5.41) is 5.15. The molecule has 2 aromatic rings. The number of ether oxygens (including phenoxy) is 3. The van der Waals surface area contributed by atoms with Gasteiger partial charge in [0, 0.05) is 49.6 Å². The number of hydrogen-bond acceptors (Lipinski definition) is 4. The van der Waals surface area contributed by atoms with Crippen LogP contribution < -0.4 is 10.1 Å². The Kier molecular flexibility index (Phi) is 7.91. The second-order valence-electron chi connectivity index (χ2n) is 9.26. The molecule has 1 aliphatic carbocycles. The molecule has 5 heteroatoms. The van der Waals surface area contributed by atoms with Gasteiger partial charge in [-0.25, -0.2) is 0 Å². The highest BCUT2D eigenvalue weighted by molar-refractivity contribution is 5.85. The van der Waals surface area contributed by atoms with Gasteiger partial charge in [0.1, 0.15) is 5.75 Å². The maximum absolute atomic E-state index is 5.88. The molecule has 2 heterocycles. The van der Waals surface area contributed by atoms with Crippen LogP contribution in [0.25, 0.3) is 10.9 Å². The van der Waals surface area contributed by atoms with E-state index in [4.69, 9.17) is 14.2 Å². The van der Waals surface area contributed by atoms with Crippen LogP contribution in [-0.2, 0) is 22.6 Å². The number of benzene rings is 1. The van der Waals surface area contributed by atoms with E-state index in [1.165, 1.54) is 55.0 Å². The monoisotopic (exact) mass is 428 g/mol. The van der Waals surface area contributed by atoms with Crippen molar-refractivity contribution in [1.29, 1.82) is 0 Å². The van der Waals surface area contributed by atoms with E-state index in [0.29, 0.717) is 6.04 Å². The Labute approximate surface area is 187 Å². The van der Waals surface area contributed by atoms with E-state index in [0.717, 1.165) is 57.7 Å². The van der Waals surface area contributed by atoms with Crippen LogP contribution in [0.4, 0.5) is 0 Å². The quantitative estimate of drug-likeness (QED) is 0.460. The van der Waals surface area contributed by atoms with E-state index in [1.807, 2.05) is 0 Å². The Morgan fingerprint density at radius 1 is 1.06 bits per heavy atom. The molecule has 1 aromatic heterocycles. The zero-order chi connectivity index (χ0) is 21.5. The fourth-order valence-corrected chi connectivity index (χ4v) is 5.16. The lowest BCUT2D eigenvalue weighted by molar-refractivity contribution is -0.179. The molecule has 0 radical (unpaired) electrons. The summed E-state index contributed by atoms with van der Waals surface area (Å²) in [7, 11) is 1.75. The van der Waals surface area contributed by atoms with Crippen LogP contribution in [0, 0.1) is 0 Å². The second kappa shape index (κ2) is 10.8. The SMILES string of the molecule is CCCCCCCCn1cc(CNC2CCC3(CC2)OCCO3)c2ccc(OC)cc21. The lowest BCUT2D eigenvalue weighted by Crippen LogP contribution is -2.41. The standard InChI is InChI=1S/C26H40N2O3/c1-3-4-5-6-7-8-15-28-20-21(24-10-9-23(29-2)18-25(24)28)19-27-22-11-13-26(14-12-22)30-16-17-31-26/h9-10,18,20,22,27H,3-8,11-17,19H2,1-2H3. The average molecular weight is 429 g/mol. The van der Waals surface area contributed by atoms with Crippen LogP contribution in [0.3, 0.4) is 0 Å². The van der Waals surface area contributed by atoms with Crippen LogP contribution >= 0.6 is 0 Å². The Balaban J connectivity index is 1.36. The van der Waals surface area contributed by atoms with Gasteiger partial charge in [0.25, 0.3) is 0 Å². The molecule has 0 unspecified atom stereocenters. The fraction of sp³-hybridized carbons (Fsp3) is 0.692. The number of rotatable bonds is 11. The summed E-state index contributed by atoms with van der Waals surface area (Å²) < 4.78 is 19.7. The van der Waals surface area contributed by atoms with Crippen molar-refractivity contribution < 1.29 is 14.2 Å². The third-order valence-corrected chi connectivity index (χ3v) is 7.07. The van der Waals surface area contributed by atoms with Gasteiger partial charge in [0.2, 0.25) is 0 Å². The van der Waals surface area contributed by atoms with E-state index in [2.05, 4.69) is 41.2 Å². The third kappa shape index (κ3) is 5.63. The van der Waals surface area contributed by atoms with Crippen molar-refractivity contribution in [2.45, 2.75) is 96.1 Å². The van der Waals surface area contributed by atoms with E-state index >= 15 is 0 Å². The number of fused-ring (bicyclic) bond motifs is 1. The van der Waals surface area contributed by atoms with Crippen molar-refractivity contribution >= 4 is 10.9 Å². The summed E-state index contributed by atoms with van der Waals surface area (Å²) in [5.41, 5.74) is 2.68. The van der Waals surface area contributed by atoms with Crippen LogP contribution in [0.15, 0.2) is 24.4 Å². The van der Waals surface area contributed by atoms with Crippen molar-refractivity contribution in [2.75, 3.05) is 20.3 Å². The number of hydrogen-bond donors (Lipinski definition) is 1. The van der Waals surface area contributed by atoms with Gasteiger partial charge in [-0.3, -0.25) is 0 Å². The minimum absolute atomic E-state index is 0.276. The predicted molar refractivity (Wildman–Crippen MR) is 126 cm³/mol. The van der Waals surface area contributed by atoms with E-state index < -0.39 is 0 Å². The van der Waals surface area contributed by atoms with Gasteiger partial charge in [0.15, 0.2) is 5.79 Å². The highest BCUT2D eigenvalue weighted by Gasteiger charge is 2.40. The molecule has 4 rings (SSSR count). The van der Waals surface area contributed by atoms with Crippen molar-refractivity contribution in [3.8, 4) is 5.75 Å². The molecular formula is C26H40N2O3. The average Bonchev–Trinajstić information content (AvgIpc) is 3.40. The molecule has 172 valence electrons. The Morgan fingerprint density at radius 2 is 1.81 bits per heavy atom. The summed E-state index contributed by atoms with van der Waals surface area (Å²) in [6.45, 7) is 5.76. The minimum Gasteiger partial charge on any atom is -0.497 e. The number of methoxy groups -OCH3 is 1. The molecule has 2 fully saturated rings. The molecule has 1 saturated carbocycles. The molecule has 1 saturated heterocycles. The first-order valence-electron chi connectivity index (χ1n) is 12.4. The van der Waals surface area contributed by atoms with E-state index in [9.17, 15) is 0 Å². The van der Waals surface area contributed by atoms with Crippen molar-refractivity contribution in [3.05, 3.63) is 30.0 Å². The zero-order valence-corrected chi connectivity index (χ0v) is 19.5. The van der Waals surface area contributed by atoms with Gasteiger partial charge in [-0.05, 0) is 37.0 Å². The summed E-state index contributed by atoms with van der Waals surface area (Å²) in [4.78, 5) is 0. The third-order valence-electron chi connectivity index (χ3n) is 7.07. The zero-order valence-electron chi connectivity index (χ0n) is 19.5. The number of aromatic nitrogens is 1. The number of nitrogens with one attached hydrogen (secondary N) is 1. The minimum atomic E-state index is -0.276. The summed E-state index contributed by atoms with van der Waals surface area (Å²) in [5.74, 6) is 0.658. The van der Waals surface area contributed by atoms with Crippen LogP contribution in [0.5, 0.6) is 5.75 Å². The summed E-state index contributed by atoms with van der Waals surface area (Å²) in [6.07, 6.45) is 14.5. The molecule has 0 amide bonds. The van der Waals surface area contributed by atoms with Crippen molar-refractivity contribution in [3.63, 3.8) is 0 Å². The summed E-state index contributed by atoms with van der Waals surface area (Å²) in [6, 6.07) is 7.03. The second-order valence-corrected chi connectivity index (χ2v) is 9.26. The van der Waals surface area contributed by atoms with Crippen molar-refractivity contribution in [1.82, 2.24) is 9.88 Å². The fourth-order valence-electron chi connectivity index (χ4n) is 5.16. The van der Waals surface area contributed by atoms with Gasteiger partial charge >= 0.3 is 0 Å². The Hall–Kier alpha value is -1.56. The first kappa shape index (κ1) is 22.6. The molecule has 1 aliphatic heterocycles. The maximum Gasteiger partial charge on any atom is 0.168 e. The Morgan fingerprint density at radius 3 is 2.55 bits per heavy atom.